The highest BCUT2D eigenvalue weighted by Gasteiger charge is 2.13. The van der Waals surface area contributed by atoms with Crippen LogP contribution >= 0.6 is 0 Å². The Kier molecular flexibility index (Phi) is 4.65. The van der Waals surface area contributed by atoms with Gasteiger partial charge in [-0.15, -0.1) is 0 Å². The lowest BCUT2D eigenvalue weighted by Crippen LogP contribution is -2.23. The fourth-order valence-electron chi connectivity index (χ4n) is 2.94. The molecule has 3 aromatic rings. The zero-order valence-corrected chi connectivity index (χ0v) is 15.0. The molecule has 7 heteroatoms. The number of amides is 1. The summed E-state index contributed by atoms with van der Waals surface area (Å²) < 4.78 is 1.83. The van der Waals surface area contributed by atoms with E-state index < -0.39 is 0 Å². The Morgan fingerprint density at radius 2 is 2.04 bits per heavy atom. The fourth-order valence-corrected chi connectivity index (χ4v) is 2.94. The summed E-state index contributed by atoms with van der Waals surface area (Å²) in [5.74, 6) is 0.661. The lowest BCUT2D eigenvalue weighted by molar-refractivity contribution is 0.0951. The number of nitrogens with zero attached hydrogens (tertiary/aromatic N) is 5. The van der Waals surface area contributed by atoms with Gasteiger partial charge in [0.1, 0.15) is 12.1 Å². The first kappa shape index (κ1) is 17.0. The molecule has 1 amide bonds. The lowest BCUT2D eigenvalue weighted by Gasteiger charge is -2.14. The monoisotopic (exact) mass is 360 g/mol. The van der Waals surface area contributed by atoms with Crippen LogP contribution in [0.2, 0.25) is 0 Å². The van der Waals surface area contributed by atoms with E-state index in [9.17, 15) is 4.79 Å². The third kappa shape index (κ3) is 3.87. The molecule has 0 fully saturated rings. The number of carbonyl (C=O) groups is 1. The van der Waals surface area contributed by atoms with E-state index in [0.29, 0.717) is 12.1 Å². The van der Waals surface area contributed by atoms with Crippen molar-refractivity contribution in [2.45, 2.75) is 19.9 Å². The Hall–Kier alpha value is -3.48. The summed E-state index contributed by atoms with van der Waals surface area (Å²) in [6, 6.07) is 11.3. The van der Waals surface area contributed by atoms with E-state index in [2.05, 4.69) is 20.4 Å². The summed E-state index contributed by atoms with van der Waals surface area (Å²) in [6.45, 7) is 3.35. The summed E-state index contributed by atoms with van der Waals surface area (Å²) in [4.78, 5) is 20.8. The van der Waals surface area contributed by atoms with Gasteiger partial charge in [-0.2, -0.15) is 5.10 Å². The SMILES string of the molecule is CC1=NN(c2ccc(C(=O)NCc3ccnc(-n4ccnc4)c3)cc2)CC1. The van der Waals surface area contributed by atoms with Crippen molar-refractivity contribution in [1.82, 2.24) is 19.9 Å². The topological polar surface area (TPSA) is 75.4 Å². The van der Waals surface area contributed by atoms with Gasteiger partial charge in [-0.1, -0.05) is 0 Å². The average Bonchev–Trinajstić information content (AvgIpc) is 3.38. The maximum atomic E-state index is 12.4. The van der Waals surface area contributed by atoms with Crippen molar-refractivity contribution < 1.29 is 4.79 Å². The van der Waals surface area contributed by atoms with Crippen LogP contribution in [0.15, 0.2) is 66.4 Å². The quantitative estimate of drug-likeness (QED) is 0.759. The third-order valence-corrected chi connectivity index (χ3v) is 4.44. The highest BCUT2D eigenvalue weighted by Crippen LogP contribution is 2.20. The Labute approximate surface area is 157 Å². The molecule has 0 spiro atoms. The minimum absolute atomic E-state index is 0.108. The Bertz CT molecular complexity index is 962. The fraction of sp³-hybridized carbons (Fsp3) is 0.200. The largest absolute Gasteiger partial charge is 0.348 e. The predicted molar refractivity (Wildman–Crippen MR) is 104 cm³/mol. The molecule has 1 aliphatic rings. The second kappa shape index (κ2) is 7.41. The van der Waals surface area contributed by atoms with Crippen LogP contribution in [0, 0.1) is 0 Å². The number of hydrogen-bond acceptors (Lipinski definition) is 5. The molecule has 136 valence electrons. The van der Waals surface area contributed by atoms with E-state index in [1.54, 1.807) is 18.7 Å². The summed E-state index contributed by atoms with van der Waals surface area (Å²) in [7, 11) is 0. The van der Waals surface area contributed by atoms with Crippen molar-refractivity contribution in [3.05, 3.63) is 72.4 Å². The second-order valence-corrected chi connectivity index (χ2v) is 6.43. The number of hydrazone groups is 1. The molecule has 0 unspecified atom stereocenters. The average molecular weight is 360 g/mol. The van der Waals surface area contributed by atoms with Crippen LogP contribution in [-0.2, 0) is 6.54 Å². The van der Waals surface area contributed by atoms with Gasteiger partial charge in [-0.3, -0.25) is 14.4 Å². The van der Waals surface area contributed by atoms with Crippen LogP contribution in [-0.4, -0.2) is 32.7 Å². The number of benzene rings is 1. The molecule has 2 aromatic heterocycles. The number of rotatable bonds is 5. The summed E-state index contributed by atoms with van der Waals surface area (Å²) >= 11 is 0. The number of imidazole rings is 1. The van der Waals surface area contributed by atoms with E-state index in [1.165, 1.54) is 0 Å². The van der Waals surface area contributed by atoms with Gasteiger partial charge in [0.05, 0.1) is 5.69 Å². The van der Waals surface area contributed by atoms with Crippen LogP contribution in [0.1, 0.15) is 29.3 Å². The van der Waals surface area contributed by atoms with E-state index in [0.717, 1.165) is 35.7 Å². The van der Waals surface area contributed by atoms with Gasteiger partial charge in [-0.25, -0.2) is 9.97 Å². The molecule has 7 nitrogen and oxygen atoms in total. The van der Waals surface area contributed by atoms with E-state index in [-0.39, 0.29) is 5.91 Å². The first-order valence-corrected chi connectivity index (χ1v) is 8.82. The Morgan fingerprint density at radius 3 is 2.74 bits per heavy atom. The van der Waals surface area contributed by atoms with Crippen molar-refractivity contribution >= 4 is 17.3 Å². The van der Waals surface area contributed by atoms with Gasteiger partial charge in [-0.05, 0) is 48.9 Å². The van der Waals surface area contributed by atoms with E-state index in [4.69, 9.17) is 0 Å². The van der Waals surface area contributed by atoms with Gasteiger partial charge in [0.25, 0.3) is 5.91 Å². The molecule has 1 aromatic carbocycles. The van der Waals surface area contributed by atoms with E-state index >= 15 is 0 Å². The number of aromatic nitrogens is 3. The third-order valence-electron chi connectivity index (χ3n) is 4.44. The zero-order chi connectivity index (χ0) is 18.6. The molecule has 0 radical (unpaired) electrons. The number of hydrogen-bond donors (Lipinski definition) is 1. The molecule has 4 rings (SSSR count). The minimum atomic E-state index is -0.108. The second-order valence-electron chi connectivity index (χ2n) is 6.43. The van der Waals surface area contributed by atoms with Crippen LogP contribution in [0.25, 0.3) is 5.82 Å². The molecule has 3 heterocycles. The zero-order valence-electron chi connectivity index (χ0n) is 15.0. The first-order valence-electron chi connectivity index (χ1n) is 8.82. The number of anilines is 1. The molecule has 0 bridgehead atoms. The van der Waals surface area contributed by atoms with Crippen molar-refractivity contribution in [3.63, 3.8) is 0 Å². The highest BCUT2D eigenvalue weighted by molar-refractivity contribution is 5.94. The van der Waals surface area contributed by atoms with Crippen LogP contribution in [0.4, 0.5) is 5.69 Å². The van der Waals surface area contributed by atoms with Crippen molar-refractivity contribution in [2.24, 2.45) is 5.10 Å². The first-order chi connectivity index (χ1) is 13.2. The number of pyridine rings is 1. The minimum Gasteiger partial charge on any atom is -0.348 e. The Balaban J connectivity index is 1.39. The molecule has 0 atom stereocenters. The Morgan fingerprint density at radius 1 is 1.19 bits per heavy atom. The normalized spacial score (nSPS) is 13.5. The van der Waals surface area contributed by atoms with Gasteiger partial charge in [0, 0.05) is 49.4 Å². The molecule has 1 aliphatic heterocycles. The summed E-state index contributed by atoms with van der Waals surface area (Å²) in [5, 5.41) is 9.39. The molecule has 27 heavy (non-hydrogen) atoms. The molecule has 0 saturated heterocycles. The van der Waals surface area contributed by atoms with Crippen molar-refractivity contribution in [1.29, 1.82) is 0 Å². The van der Waals surface area contributed by atoms with E-state index in [1.807, 2.05) is 59.1 Å². The molecule has 0 aliphatic carbocycles. The standard InChI is InChI=1S/C20H20N6O/c1-15-7-10-26(24-15)18-4-2-17(3-5-18)20(27)23-13-16-6-8-22-19(12-16)25-11-9-21-14-25/h2-6,8-9,11-12,14H,7,10,13H2,1H3,(H,23,27). The molecular formula is C20H20N6O. The van der Waals surface area contributed by atoms with Gasteiger partial charge >= 0.3 is 0 Å². The van der Waals surface area contributed by atoms with Crippen LogP contribution in [0.5, 0.6) is 0 Å². The van der Waals surface area contributed by atoms with Gasteiger partial charge in [0.2, 0.25) is 0 Å². The number of nitrogens with one attached hydrogen (secondary N) is 1. The highest BCUT2D eigenvalue weighted by atomic mass is 16.1. The predicted octanol–water partition coefficient (Wildman–Crippen LogP) is 2.78. The van der Waals surface area contributed by atoms with Crippen molar-refractivity contribution in [2.75, 3.05) is 11.6 Å². The smallest absolute Gasteiger partial charge is 0.251 e. The van der Waals surface area contributed by atoms with Crippen molar-refractivity contribution in [3.8, 4) is 5.82 Å². The lowest BCUT2D eigenvalue weighted by atomic mass is 10.2. The van der Waals surface area contributed by atoms with Crippen LogP contribution in [0.3, 0.4) is 0 Å². The maximum absolute atomic E-state index is 12.4. The summed E-state index contributed by atoms with van der Waals surface area (Å²) in [6.07, 6.45) is 7.93. The van der Waals surface area contributed by atoms with Gasteiger partial charge in [0.15, 0.2) is 0 Å². The number of carbonyl (C=O) groups excluding carboxylic acids is 1. The van der Waals surface area contributed by atoms with Gasteiger partial charge < -0.3 is 5.32 Å². The molecular weight excluding hydrogens is 340 g/mol. The van der Waals surface area contributed by atoms with Crippen LogP contribution < -0.4 is 10.3 Å². The molecule has 1 N–H and O–H groups in total. The summed E-state index contributed by atoms with van der Waals surface area (Å²) in [5.41, 5.74) is 3.73. The molecule has 0 saturated carbocycles. The maximum Gasteiger partial charge on any atom is 0.251 e.